The van der Waals surface area contributed by atoms with Crippen molar-refractivity contribution in [3.63, 3.8) is 0 Å². The lowest BCUT2D eigenvalue weighted by molar-refractivity contribution is -0.115. The minimum Gasteiger partial charge on any atom is -0.295 e. The Bertz CT molecular complexity index is 697. The van der Waals surface area contributed by atoms with Crippen LogP contribution in [0.5, 0.6) is 0 Å². The summed E-state index contributed by atoms with van der Waals surface area (Å²) < 4.78 is 0. The molecular formula is C19H16O. The lowest BCUT2D eigenvalue weighted by Gasteiger charge is -2.28. The molecule has 0 N–H and O–H groups in total. The van der Waals surface area contributed by atoms with Gasteiger partial charge in [0.05, 0.1) is 0 Å². The van der Waals surface area contributed by atoms with Gasteiger partial charge in [0, 0.05) is 6.42 Å². The first-order valence-electron chi connectivity index (χ1n) is 7.20. The highest BCUT2D eigenvalue weighted by atomic mass is 16.1. The highest BCUT2D eigenvalue weighted by Crippen LogP contribution is 2.48. The monoisotopic (exact) mass is 260 g/mol. The number of carbonyl (C=O) groups excluding carboxylic acids is 1. The van der Waals surface area contributed by atoms with Gasteiger partial charge in [0.1, 0.15) is 0 Å². The van der Waals surface area contributed by atoms with E-state index in [1.165, 1.54) is 22.3 Å². The Morgan fingerprint density at radius 2 is 1.55 bits per heavy atom. The van der Waals surface area contributed by atoms with E-state index < -0.39 is 0 Å². The molecule has 0 aliphatic heterocycles. The first kappa shape index (κ1) is 11.7. The largest absolute Gasteiger partial charge is 0.295 e. The normalized spacial score (nSPS) is 24.0. The highest BCUT2D eigenvalue weighted by molar-refractivity contribution is 6.01. The second-order valence-corrected chi connectivity index (χ2v) is 5.76. The van der Waals surface area contributed by atoms with E-state index in [0.29, 0.717) is 18.3 Å². The third-order valence-corrected chi connectivity index (χ3v) is 4.62. The first-order valence-corrected chi connectivity index (χ1v) is 7.20. The molecule has 1 heteroatoms. The third kappa shape index (κ3) is 1.74. The van der Waals surface area contributed by atoms with Crippen molar-refractivity contribution >= 4 is 11.4 Å². The molecule has 2 aliphatic rings. The fourth-order valence-electron chi connectivity index (χ4n) is 3.71. The summed E-state index contributed by atoms with van der Waals surface area (Å²) in [6.45, 7) is 0. The Morgan fingerprint density at radius 1 is 0.800 bits per heavy atom. The van der Waals surface area contributed by atoms with Crippen LogP contribution in [0, 0.1) is 5.92 Å². The van der Waals surface area contributed by atoms with Gasteiger partial charge in [-0.3, -0.25) is 4.79 Å². The number of carbonyl (C=O) groups is 1. The van der Waals surface area contributed by atoms with E-state index in [-0.39, 0.29) is 5.78 Å². The van der Waals surface area contributed by atoms with Gasteiger partial charge in [-0.15, -0.1) is 0 Å². The number of ketones is 1. The maximum Gasteiger partial charge on any atom is 0.156 e. The second-order valence-electron chi connectivity index (χ2n) is 5.76. The Morgan fingerprint density at radius 3 is 2.40 bits per heavy atom. The maximum absolute atomic E-state index is 12.1. The first-order chi connectivity index (χ1) is 9.83. The van der Waals surface area contributed by atoms with Crippen molar-refractivity contribution in [2.75, 3.05) is 0 Å². The zero-order valence-corrected chi connectivity index (χ0v) is 11.3. The molecule has 1 nitrogen and oxygen atoms in total. The standard InChI is InChI=1S/C19H16O/c20-15-11-17(13-6-2-1-3-7-13)18-10-14-8-4-5-9-16(14)19(18)12-15/h1-9,12,17-18H,10-11H2/t17-,18+/m1/s1. The van der Waals surface area contributed by atoms with Crippen LogP contribution in [-0.2, 0) is 11.2 Å². The van der Waals surface area contributed by atoms with E-state index in [1.807, 2.05) is 12.1 Å². The van der Waals surface area contributed by atoms with Crippen LogP contribution in [0.2, 0.25) is 0 Å². The fraction of sp³-hybridized carbons (Fsp3) is 0.211. The molecule has 2 atom stereocenters. The summed E-state index contributed by atoms with van der Waals surface area (Å²) in [7, 11) is 0. The molecule has 2 aromatic rings. The summed E-state index contributed by atoms with van der Waals surface area (Å²) in [5, 5.41) is 0. The number of benzene rings is 2. The Balaban J connectivity index is 1.81. The topological polar surface area (TPSA) is 17.1 Å². The summed E-state index contributed by atoms with van der Waals surface area (Å²) in [6, 6.07) is 19.0. The molecule has 0 heterocycles. The molecule has 0 saturated carbocycles. The van der Waals surface area contributed by atoms with Gasteiger partial charge in [-0.2, -0.15) is 0 Å². The maximum atomic E-state index is 12.1. The van der Waals surface area contributed by atoms with Crippen molar-refractivity contribution < 1.29 is 4.79 Å². The van der Waals surface area contributed by atoms with Crippen LogP contribution in [0.3, 0.4) is 0 Å². The van der Waals surface area contributed by atoms with Gasteiger partial charge >= 0.3 is 0 Å². The molecule has 0 saturated heterocycles. The van der Waals surface area contributed by atoms with Crippen molar-refractivity contribution in [3.8, 4) is 0 Å². The van der Waals surface area contributed by atoms with E-state index >= 15 is 0 Å². The smallest absolute Gasteiger partial charge is 0.156 e. The fourth-order valence-corrected chi connectivity index (χ4v) is 3.71. The molecule has 0 radical (unpaired) electrons. The van der Waals surface area contributed by atoms with Crippen molar-refractivity contribution in [1.29, 1.82) is 0 Å². The molecule has 2 aliphatic carbocycles. The van der Waals surface area contributed by atoms with Crippen LogP contribution in [-0.4, -0.2) is 5.78 Å². The Hall–Kier alpha value is -2.15. The molecule has 20 heavy (non-hydrogen) atoms. The Labute approximate surface area is 119 Å². The molecule has 0 amide bonds. The second kappa shape index (κ2) is 4.45. The molecule has 0 aromatic heterocycles. The van der Waals surface area contributed by atoms with Gasteiger partial charge in [0.15, 0.2) is 5.78 Å². The molecule has 0 bridgehead atoms. The van der Waals surface area contributed by atoms with Crippen molar-refractivity contribution in [2.45, 2.75) is 18.8 Å². The minimum atomic E-state index is 0.266. The van der Waals surface area contributed by atoms with Crippen molar-refractivity contribution in [2.24, 2.45) is 5.92 Å². The SMILES string of the molecule is O=C1C=C2c3ccccc3C[C@H]2[C@@H](c2ccccc2)C1. The highest BCUT2D eigenvalue weighted by Gasteiger charge is 2.37. The minimum absolute atomic E-state index is 0.266. The summed E-state index contributed by atoms with van der Waals surface area (Å²) in [5.41, 5.74) is 5.22. The van der Waals surface area contributed by atoms with Crippen molar-refractivity contribution in [1.82, 2.24) is 0 Å². The van der Waals surface area contributed by atoms with Gasteiger partial charge in [-0.25, -0.2) is 0 Å². The van der Waals surface area contributed by atoms with Gasteiger partial charge < -0.3 is 0 Å². The lowest BCUT2D eigenvalue weighted by Crippen LogP contribution is -2.21. The van der Waals surface area contributed by atoms with E-state index in [0.717, 1.165) is 6.42 Å². The molecule has 0 spiro atoms. The molecule has 2 aromatic carbocycles. The number of fused-ring (bicyclic) bond motifs is 3. The van der Waals surface area contributed by atoms with Crippen molar-refractivity contribution in [3.05, 3.63) is 77.4 Å². The van der Waals surface area contributed by atoms with Crippen LogP contribution in [0.1, 0.15) is 29.0 Å². The Kier molecular flexibility index (Phi) is 2.59. The lowest BCUT2D eigenvalue weighted by atomic mass is 9.75. The summed E-state index contributed by atoms with van der Waals surface area (Å²) >= 11 is 0. The van der Waals surface area contributed by atoms with Crippen LogP contribution in [0.25, 0.3) is 5.57 Å². The predicted molar refractivity (Wildman–Crippen MR) is 80.4 cm³/mol. The van der Waals surface area contributed by atoms with Gasteiger partial charge in [0.25, 0.3) is 0 Å². The number of hydrogen-bond donors (Lipinski definition) is 0. The van der Waals surface area contributed by atoms with Crippen LogP contribution in [0.15, 0.2) is 60.7 Å². The average Bonchev–Trinajstić information content (AvgIpc) is 2.86. The van der Waals surface area contributed by atoms with Gasteiger partial charge in [-0.1, -0.05) is 54.6 Å². The number of rotatable bonds is 1. The molecule has 4 rings (SSSR count). The molecular weight excluding hydrogens is 244 g/mol. The zero-order chi connectivity index (χ0) is 13.5. The molecule has 98 valence electrons. The average molecular weight is 260 g/mol. The summed E-state index contributed by atoms with van der Waals surface area (Å²) in [4.78, 5) is 12.1. The van der Waals surface area contributed by atoms with Crippen LogP contribution >= 0.6 is 0 Å². The van der Waals surface area contributed by atoms with E-state index in [4.69, 9.17) is 0 Å². The van der Waals surface area contributed by atoms with Crippen LogP contribution in [0.4, 0.5) is 0 Å². The number of hydrogen-bond acceptors (Lipinski definition) is 1. The zero-order valence-electron chi connectivity index (χ0n) is 11.3. The summed E-state index contributed by atoms with van der Waals surface area (Å²) in [6.07, 6.45) is 3.59. The van der Waals surface area contributed by atoms with Crippen LogP contribution < -0.4 is 0 Å². The molecule has 0 fully saturated rings. The van der Waals surface area contributed by atoms with E-state index in [2.05, 4.69) is 48.5 Å². The van der Waals surface area contributed by atoms with E-state index in [1.54, 1.807) is 0 Å². The molecule has 0 unspecified atom stereocenters. The van der Waals surface area contributed by atoms with Gasteiger partial charge in [0.2, 0.25) is 0 Å². The number of allylic oxidation sites excluding steroid dienone is 2. The third-order valence-electron chi connectivity index (χ3n) is 4.62. The summed E-state index contributed by atoms with van der Waals surface area (Å²) in [5.74, 6) is 1.06. The van der Waals surface area contributed by atoms with E-state index in [9.17, 15) is 4.79 Å². The predicted octanol–water partition coefficient (Wildman–Crippen LogP) is 4.00. The van der Waals surface area contributed by atoms with Gasteiger partial charge in [-0.05, 0) is 46.6 Å². The quantitative estimate of drug-likeness (QED) is 0.757.